The topological polar surface area (TPSA) is 62.3 Å². The van der Waals surface area contributed by atoms with E-state index in [2.05, 4.69) is 5.10 Å². The highest BCUT2D eigenvalue weighted by Crippen LogP contribution is 2.28. The Morgan fingerprint density at radius 2 is 2.10 bits per heavy atom. The summed E-state index contributed by atoms with van der Waals surface area (Å²) in [5.41, 5.74) is 8.18. The Kier molecular flexibility index (Phi) is 4.96. The number of hydrogen-bond donors (Lipinski definition) is 1. The van der Waals surface area contributed by atoms with Gasteiger partial charge in [0.15, 0.2) is 0 Å². The van der Waals surface area contributed by atoms with Gasteiger partial charge in [0, 0.05) is 12.6 Å². The summed E-state index contributed by atoms with van der Waals surface area (Å²) in [6.07, 6.45) is 0.800. The molecule has 0 saturated carbocycles. The van der Waals surface area contributed by atoms with E-state index in [9.17, 15) is 0 Å². The number of nitrogens with zero attached hydrogens (tertiary/aromatic N) is 2. The maximum absolute atomic E-state index is 6.35. The number of hydrogen-bond acceptors (Lipinski definition) is 4. The SMILES string of the molecule is CCc1nn(CC)c(COc2ccc(OC)c(N)c2)c1Cl. The molecule has 6 heteroatoms. The number of halogens is 1. The van der Waals surface area contributed by atoms with E-state index in [-0.39, 0.29) is 0 Å². The van der Waals surface area contributed by atoms with Crippen molar-refractivity contribution in [1.29, 1.82) is 0 Å². The van der Waals surface area contributed by atoms with Crippen molar-refractivity contribution in [3.63, 3.8) is 0 Å². The Morgan fingerprint density at radius 1 is 1.33 bits per heavy atom. The normalized spacial score (nSPS) is 10.7. The second-order valence-electron chi connectivity index (χ2n) is 4.57. The number of nitrogen functional groups attached to an aromatic ring is 1. The van der Waals surface area contributed by atoms with Gasteiger partial charge in [-0.25, -0.2) is 0 Å². The van der Waals surface area contributed by atoms with Gasteiger partial charge < -0.3 is 15.2 Å². The van der Waals surface area contributed by atoms with Gasteiger partial charge in [-0.2, -0.15) is 5.10 Å². The zero-order chi connectivity index (χ0) is 15.4. The lowest BCUT2D eigenvalue weighted by atomic mass is 10.3. The number of benzene rings is 1. The Bertz CT molecular complexity index is 626. The van der Waals surface area contributed by atoms with Crippen LogP contribution in [0, 0.1) is 0 Å². The van der Waals surface area contributed by atoms with Crippen LogP contribution in [0.25, 0.3) is 0 Å². The van der Waals surface area contributed by atoms with Gasteiger partial charge in [0.2, 0.25) is 0 Å². The first kappa shape index (κ1) is 15.5. The van der Waals surface area contributed by atoms with Gasteiger partial charge in [0.05, 0.1) is 29.2 Å². The maximum atomic E-state index is 6.35. The number of nitrogens with two attached hydrogens (primary N) is 1. The van der Waals surface area contributed by atoms with Crippen LogP contribution in [0.2, 0.25) is 5.02 Å². The first-order valence-electron chi connectivity index (χ1n) is 6.91. The molecular formula is C15H20ClN3O2. The molecule has 0 radical (unpaired) electrons. The van der Waals surface area contributed by atoms with Crippen molar-refractivity contribution in [3.8, 4) is 11.5 Å². The molecule has 0 aliphatic rings. The molecule has 1 heterocycles. The van der Waals surface area contributed by atoms with Crippen LogP contribution in [0.3, 0.4) is 0 Å². The summed E-state index contributed by atoms with van der Waals surface area (Å²) in [4.78, 5) is 0. The zero-order valence-electron chi connectivity index (χ0n) is 12.5. The molecule has 0 bridgehead atoms. The van der Waals surface area contributed by atoms with Crippen LogP contribution in [0.4, 0.5) is 5.69 Å². The predicted molar refractivity (Wildman–Crippen MR) is 84.0 cm³/mol. The van der Waals surface area contributed by atoms with Crippen molar-refractivity contribution in [1.82, 2.24) is 9.78 Å². The van der Waals surface area contributed by atoms with E-state index in [0.29, 0.717) is 28.8 Å². The molecule has 5 nitrogen and oxygen atoms in total. The smallest absolute Gasteiger partial charge is 0.142 e. The summed E-state index contributed by atoms with van der Waals surface area (Å²) in [6.45, 7) is 5.16. The Hall–Kier alpha value is -1.88. The summed E-state index contributed by atoms with van der Waals surface area (Å²) in [5, 5.41) is 5.15. The monoisotopic (exact) mass is 309 g/mol. The summed E-state index contributed by atoms with van der Waals surface area (Å²) in [7, 11) is 1.58. The van der Waals surface area contributed by atoms with Gasteiger partial charge in [-0.15, -0.1) is 0 Å². The number of rotatable bonds is 6. The fourth-order valence-electron chi connectivity index (χ4n) is 2.11. The highest BCUT2D eigenvalue weighted by molar-refractivity contribution is 6.31. The lowest BCUT2D eigenvalue weighted by molar-refractivity contribution is 0.292. The van der Waals surface area contributed by atoms with E-state index in [4.69, 9.17) is 26.8 Å². The van der Waals surface area contributed by atoms with Gasteiger partial charge in [0.1, 0.15) is 18.1 Å². The van der Waals surface area contributed by atoms with Gasteiger partial charge in [0.25, 0.3) is 0 Å². The van der Waals surface area contributed by atoms with Gasteiger partial charge in [-0.3, -0.25) is 4.68 Å². The molecule has 1 aromatic heterocycles. The quantitative estimate of drug-likeness (QED) is 0.832. The van der Waals surface area contributed by atoms with Crippen molar-refractivity contribution in [3.05, 3.63) is 34.6 Å². The fraction of sp³-hybridized carbons (Fsp3) is 0.400. The molecule has 0 fully saturated rings. The van der Waals surface area contributed by atoms with E-state index in [0.717, 1.165) is 24.4 Å². The summed E-state index contributed by atoms with van der Waals surface area (Å²) in [5.74, 6) is 1.30. The third-order valence-corrected chi connectivity index (χ3v) is 3.71. The number of aryl methyl sites for hydroxylation is 2. The van der Waals surface area contributed by atoms with Crippen molar-refractivity contribution >= 4 is 17.3 Å². The summed E-state index contributed by atoms with van der Waals surface area (Å²) in [6, 6.07) is 5.33. The second kappa shape index (κ2) is 6.72. The molecule has 0 spiro atoms. The van der Waals surface area contributed by atoms with Gasteiger partial charge >= 0.3 is 0 Å². The van der Waals surface area contributed by atoms with Crippen molar-refractivity contribution in [2.45, 2.75) is 33.4 Å². The number of anilines is 1. The standard InChI is InChI=1S/C15H20ClN3O2/c1-4-12-15(16)13(19(5-2)18-12)9-21-10-6-7-14(20-3)11(17)8-10/h6-8H,4-5,9,17H2,1-3H3. The van der Waals surface area contributed by atoms with Crippen molar-refractivity contribution in [2.75, 3.05) is 12.8 Å². The molecule has 0 saturated heterocycles. The highest BCUT2D eigenvalue weighted by atomic mass is 35.5. The molecule has 0 aliphatic carbocycles. The highest BCUT2D eigenvalue weighted by Gasteiger charge is 2.15. The Labute approximate surface area is 129 Å². The molecule has 0 aliphatic heterocycles. The zero-order valence-corrected chi connectivity index (χ0v) is 13.3. The minimum absolute atomic E-state index is 0.353. The van der Waals surface area contributed by atoms with Crippen LogP contribution in [-0.4, -0.2) is 16.9 Å². The maximum Gasteiger partial charge on any atom is 0.142 e. The van der Waals surface area contributed by atoms with Crippen LogP contribution >= 0.6 is 11.6 Å². The molecule has 2 aromatic rings. The van der Waals surface area contributed by atoms with Crippen molar-refractivity contribution in [2.24, 2.45) is 0 Å². The van der Waals surface area contributed by atoms with E-state index >= 15 is 0 Å². The summed E-state index contributed by atoms with van der Waals surface area (Å²) >= 11 is 6.35. The third kappa shape index (κ3) is 3.24. The fourth-order valence-corrected chi connectivity index (χ4v) is 2.43. The molecule has 0 amide bonds. The van der Waals surface area contributed by atoms with E-state index in [1.54, 1.807) is 19.2 Å². The minimum Gasteiger partial charge on any atom is -0.495 e. The number of ether oxygens (including phenoxy) is 2. The number of aromatic nitrogens is 2. The second-order valence-corrected chi connectivity index (χ2v) is 4.95. The van der Waals surface area contributed by atoms with Crippen LogP contribution in [-0.2, 0) is 19.6 Å². The van der Waals surface area contributed by atoms with Crippen LogP contribution in [0.15, 0.2) is 18.2 Å². The molecule has 0 unspecified atom stereocenters. The van der Waals surface area contributed by atoms with Crippen molar-refractivity contribution < 1.29 is 9.47 Å². The number of methoxy groups -OCH3 is 1. The summed E-state index contributed by atoms with van der Waals surface area (Å²) < 4.78 is 12.8. The van der Waals surface area contributed by atoms with E-state index in [1.807, 2.05) is 24.6 Å². The Morgan fingerprint density at radius 3 is 2.67 bits per heavy atom. The van der Waals surface area contributed by atoms with Crippen LogP contribution < -0.4 is 15.2 Å². The molecule has 2 N–H and O–H groups in total. The van der Waals surface area contributed by atoms with E-state index < -0.39 is 0 Å². The van der Waals surface area contributed by atoms with Gasteiger partial charge in [-0.1, -0.05) is 18.5 Å². The lowest BCUT2D eigenvalue weighted by Gasteiger charge is -2.10. The Balaban J connectivity index is 2.16. The first-order valence-corrected chi connectivity index (χ1v) is 7.28. The third-order valence-electron chi connectivity index (χ3n) is 3.27. The molecule has 21 heavy (non-hydrogen) atoms. The van der Waals surface area contributed by atoms with E-state index in [1.165, 1.54) is 0 Å². The lowest BCUT2D eigenvalue weighted by Crippen LogP contribution is -2.06. The molecule has 1 aromatic carbocycles. The van der Waals surface area contributed by atoms with Crippen LogP contribution in [0.1, 0.15) is 25.2 Å². The molecule has 2 rings (SSSR count). The average Bonchev–Trinajstić information content (AvgIpc) is 2.80. The minimum atomic E-state index is 0.353. The molecule has 114 valence electrons. The largest absolute Gasteiger partial charge is 0.495 e. The predicted octanol–water partition coefficient (Wildman–Crippen LogP) is 3.29. The molecular weight excluding hydrogens is 290 g/mol. The molecule has 0 atom stereocenters. The average molecular weight is 310 g/mol. The first-order chi connectivity index (χ1) is 10.1. The van der Waals surface area contributed by atoms with Crippen LogP contribution in [0.5, 0.6) is 11.5 Å². The van der Waals surface area contributed by atoms with Gasteiger partial charge in [-0.05, 0) is 25.5 Å².